The monoisotopic (exact) mass is 277 g/mol. The molecule has 0 fully saturated rings. The van der Waals surface area contributed by atoms with Gasteiger partial charge in [0.05, 0.1) is 10.9 Å². The number of thioether (sulfide) groups is 1. The lowest BCUT2D eigenvalue weighted by molar-refractivity contribution is -0.117. The lowest BCUT2D eigenvalue weighted by Crippen LogP contribution is -2.22. The van der Waals surface area contributed by atoms with Crippen LogP contribution in [-0.4, -0.2) is 21.2 Å². The summed E-state index contributed by atoms with van der Waals surface area (Å²) in [6.45, 7) is 2.45. The Labute approximate surface area is 114 Å². The zero-order chi connectivity index (χ0) is 13.8. The van der Waals surface area contributed by atoms with Crippen molar-refractivity contribution < 1.29 is 4.79 Å². The molecule has 0 aliphatic carbocycles. The molecule has 2 rings (SSSR count). The van der Waals surface area contributed by atoms with Gasteiger partial charge < -0.3 is 5.73 Å². The summed E-state index contributed by atoms with van der Waals surface area (Å²) in [4.78, 5) is 27.5. The van der Waals surface area contributed by atoms with E-state index in [2.05, 4.69) is 4.98 Å². The molecular formula is C13H15N3O2S. The SMILES string of the molecule is CCn1c(SCCC(N)=O)nc2ccccc2c1=O. The fraction of sp³-hybridized carbons (Fsp3) is 0.308. The fourth-order valence-corrected chi connectivity index (χ4v) is 2.80. The summed E-state index contributed by atoms with van der Waals surface area (Å²) < 4.78 is 1.62. The third-order valence-corrected chi connectivity index (χ3v) is 3.70. The molecule has 0 bridgehead atoms. The molecule has 100 valence electrons. The summed E-state index contributed by atoms with van der Waals surface area (Å²) in [7, 11) is 0. The Morgan fingerprint density at radius 1 is 1.42 bits per heavy atom. The van der Waals surface area contributed by atoms with E-state index in [1.54, 1.807) is 10.6 Å². The van der Waals surface area contributed by atoms with Gasteiger partial charge in [-0.2, -0.15) is 0 Å². The molecule has 2 N–H and O–H groups in total. The lowest BCUT2D eigenvalue weighted by atomic mass is 10.2. The van der Waals surface area contributed by atoms with Crippen molar-refractivity contribution in [2.45, 2.75) is 25.0 Å². The van der Waals surface area contributed by atoms with Crippen molar-refractivity contribution in [1.82, 2.24) is 9.55 Å². The number of fused-ring (bicyclic) bond motifs is 1. The predicted molar refractivity (Wildman–Crippen MR) is 76.2 cm³/mol. The van der Waals surface area contributed by atoms with E-state index in [1.165, 1.54) is 11.8 Å². The predicted octanol–water partition coefficient (Wildman–Crippen LogP) is 1.38. The normalized spacial score (nSPS) is 10.8. The van der Waals surface area contributed by atoms with Crippen LogP contribution in [0.4, 0.5) is 0 Å². The molecule has 0 aliphatic heterocycles. The van der Waals surface area contributed by atoms with Crippen molar-refractivity contribution in [3.05, 3.63) is 34.6 Å². The van der Waals surface area contributed by atoms with E-state index in [9.17, 15) is 9.59 Å². The maximum absolute atomic E-state index is 12.3. The smallest absolute Gasteiger partial charge is 0.262 e. The van der Waals surface area contributed by atoms with Gasteiger partial charge in [-0.05, 0) is 19.1 Å². The van der Waals surface area contributed by atoms with Crippen LogP contribution >= 0.6 is 11.8 Å². The number of carbonyl (C=O) groups excluding carboxylic acids is 1. The highest BCUT2D eigenvalue weighted by molar-refractivity contribution is 7.99. The average Bonchev–Trinajstić information content (AvgIpc) is 2.39. The first-order valence-electron chi connectivity index (χ1n) is 6.04. The number of hydrogen-bond acceptors (Lipinski definition) is 4. The molecule has 0 spiro atoms. The molecule has 0 unspecified atom stereocenters. The number of hydrogen-bond donors (Lipinski definition) is 1. The van der Waals surface area contributed by atoms with E-state index in [4.69, 9.17) is 5.73 Å². The summed E-state index contributed by atoms with van der Waals surface area (Å²) in [5.41, 5.74) is 5.74. The number of aromatic nitrogens is 2. The number of benzene rings is 1. The van der Waals surface area contributed by atoms with Gasteiger partial charge in [0.25, 0.3) is 5.56 Å². The van der Waals surface area contributed by atoms with E-state index >= 15 is 0 Å². The summed E-state index contributed by atoms with van der Waals surface area (Å²) in [6, 6.07) is 7.26. The molecule has 1 amide bonds. The van der Waals surface area contributed by atoms with Crippen LogP contribution < -0.4 is 11.3 Å². The van der Waals surface area contributed by atoms with Crippen LogP contribution in [0, 0.1) is 0 Å². The van der Waals surface area contributed by atoms with Crippen molar-refractivity contribution in [1.29, 1.82) is 0 Å². The minimum Gasteiger partial charge on any atom is -0.370 e. The highest BCUT2D eigenvalue weighted by Gasteiger charge is 2.10. The molecule has 0 atom stereocenters. The molecule has 1 aromatic heterocycles. The third-order valence-electron chi connectivity index (χ3n) is 2.72. The standard InChI is InChI=1S/C13H15N3O2S/c1-2-16-12(18)9-5-3-4-6-10(9)15-13(16)19-8-7-11(14)17/h3-6H,2,7-8H2,1H3,(H2,14,17). The van der Waals surface area contributed by atoms with Crippen LogP contribution in [0.3, 0.4) is 0 Å². The lowest BCUT2D eigenvalue weighted by Gasteiger charge is -2.10. The molecule has 0 aliphatic rings. The first kappa shape index (κ1) is 13.6. The minimum absolute atomic E-state index is 0.0466. The van der Waals surface area contributed by atoms with Crippen LogP contribution in [0.1, 0.15) is 13.3 Å². The maximum atomic E-state index is 12.3. The summed E-state index contributed by atoms with van der Waals surface area (Å²) >= 11 is 1.38. The molecule has 0 saturated heterocycles. The Morgan fingerprint density at radius 2 is 2.16 bits per heavy atom. The van der Waals surface area contributed by atoms with Crippen molar-refractivity contribution in [3.63, 3.8) is 0 Å². The van der Waals surface area contributed by atoms with Crippen molar-refractivity contribution in [2.75, 3.05) is 5.75 Å². The Bertz CT molecular complexity index is 666. The number of carbonyl (C=O) groups is 1. The molecule has 2 aromatic rings. The topological polar surface area (TPSA) is 78.0 Å². The number of nitrogens with zero attached hydrogens (tertiary/aromatic N) is 2. The number of nitrogens with two attached hydrogens (primary N) is 1. The first-order chi connectivity index (χ1) is 9.13. The third kappa shape index (κ3) is 2.96. The Morgan fingerprint density at radius 3 is 2.84 bits per heavy atom. The molecule has 5 nitrogen and oxygen atoms in total. The number of primary amides is 1. The van der Waals surface area contributed by atoms with Gasteiger partial charge in [0.1, 0.15) is 0 Å². The average molecular weight is 277 g/mol. The molecule has 6 heteroatoms. The van der Waals surface area contributed by atoms with Gasteiger partial charge >= 0.3 is 0 Å². The molecular weight excluding hydrogens is 262 g/mol. The van der Waals surface area contributed by atoms with Crippen LogP contribution in [0.15, 0.2) is 34.2 Å². The first-order valence-corrected chi connectivity index (χ1v) is 7.02. The summed E-state index contributed by atoms with van der Waals surface area (Å²) in [5.74, 6) is 0.179. The Hall–Kier alpha value is -1.82. The van der Waals surface area contributed by atoms with Crippen LogP contribution in [0.2, 0.25) is 0 Å². The summed E-state index contributed by atoms with van der Waals surface area (Å²) in [6.07, 6.45) is 0.275. The highest BCUT2D eigenvalue weighted by Crippen LogP contribution is 2.18. The van der Waals surface area contributed by atoms with E-state index < -0.39 is 0 Å². The van der Waals surface area contributed by atoms with Gasteiger partial charge in [0.2, 0.25) is 5.91 Å². The second-order valence-corrected chi connectivity index (χ2v) is 5.09. The molecule has 19 heavy (non-hydrogen) atoms. The van der Waals surface area contributed by atoms with Crippen LogP contribution in [0.5, 0.6) is 0 Å². The Kier molecular flexibility index (Phi) is 4.21. The van der Waals surface area contributed by atoms with Gasteiger partial charge in [0, 0.05) is 18.7 Å². The quantitative estimate of drug-likeness (QED) is 0.661. The fourth-order valence-electron chi connectivity index (χ4n) is 1.78. The highest BCUT2D eigenvalue weighted by atomic mass is 32.2. The van der Waals surface area contributed by atoms with Crippen molar-refractivity contribution in [3.8, 4) is 0 Å². The zero-order valence-corrected chi connectivity index (χ0v) is 11.4. The second kappa shape index (κ2) is 5.88. The number of amides is 1. The zero-order valence-electron chi connectivity index (χ0n) is 10.6. The summed E-state index contributed by atoms with van der Waals surface area (Å²) in [5, 5.41) is 1.25. The van der Waals surface area contributed by atoms with E-state index in [-0.39, 0.29) is 17.9 Å². The van der Waals surface area contributed by atoms with E-state index in [1.807, 2.05) is 25.1 Å². The van der Waals surface area contributed by atoms with Crippen molar-refractivity contribution in [2.24, 2.45) is 5.73 Å². The van der Waals surface area contributed by atoms with E-state index in [0.717, 1.165) is 0 Å². The van der Waals surface area contributed by atoms with E-state index in [0.29, 0.717) is 28.4 Å². The molecule has 1 heterocycles. The molecule has 0 saturated carbocycles. The second-order valence-electron chi connectivity index (χ2n) is 4.03. The minimum atomic E-state index is -0.348. The van der Waals surface area contributed by atoms with Gasteiger partial charge in [-0.1, -0.05) is 23.9 Å². The maximum Gasteiger partial charge on any atom is 0.262 e. The van der Waals surface area contributed by atoms with Gasteiger partial charge in [-0.25, -0.2) is 4.98 Å². The largest absolute Gasteiger partial charge is 0.370 e. The Balaban J connectivity index is 2.42. The van der Waals surface area contributed by atoms with Gasteiger partial charge in [0.15, 0.2) is 5.16 Å². The number of para-hydroxylation sites is 1. The van der Waals surface area contributed by atoms with Gasteiger partial charge in [-0.15, -0.1) is 0 Å². The van der Waals surface area contributed by atoms with Crippen LogP contribution in [0.25, 0.3) is 10.9 Å². The number of rotatable bonds is 5. The van der Waals surface area contributed by atoms with Crippen LogP contribution in [-0.2, 0) is 11.3 Å². The molecule has 0 radical (unpaired) electrons. The molecule has 1 aromatic carbocycles. The van der Waals surface area contributed by atoms with Crippen molar-refractivity contribution >= 4 is 28.6 Å². The van der Waals surface area contributed by atoms with Gasteiger partial charge in [-0.3, -0.25) is 14.2 Å².